The number of alkyl halides is 1. The molecule has 0 heterocycles. The summed E-state index contributed by atoms with van der Waals surface area (Å²) in [5.74, 6) is -0.465. The summed E-state index contributed by atoms with van der Waals surface area (Å²) in [6, 6.07) is 0. The van der Waals surface area contributed by atoms with E-state index in [-0.39, 0.29) is 42.3 Å². The Labute approximate surface area is 159 Å². The van der Waals surface area contributed by atoms with Crippen LogP contribution in [0.2, 0.25) is 0 Å². The number of fused-ring (bicyclic) bond motifs is 5. The molecule has 0 amide bonds. The fourth-order valence-corrected chi connectivity index (χ4v) is 7.32. The molecular formula is C22H29FO4. The second-order valence-electron chi connectivity index (χ2n) is 9.70. The molecule has 0 saturated heterocycles. The number of ketones is 2. The number of hydrogen-bond donors (Lipinski definition) is 2. The summed E-state index contributed by atoms with van der Waals surface area (Å²) in [7, 11) is 0. The topological polar surface area (TPSA) is 74.6 Å². The van der Waals surface area contributed by atoms with Crippen molar-refractivity contribution in [1.29, 1.82) is 0 Å². The van der Waals surface area contributed by atoms with E-state index in [2.05, 4.69) is 13.8 Å². The monoisotopic (exact) mass is 376 g/mol. The molecule has 27 heavy (non-hydrogen) atoms. The fourth-order valence-electron chi connectivity index (χ4n) is 7.32. The van der Waals surface area contributed by atoms with Crippen LogP contribution in [0.3, 0.4) is 0 Å². The van der Waals surface area contributed by atoms with Crippen molar-refractivity contribution >= 4 is 11.6 Å². The van der Waals surface area contributed by atoms with Crippen LogP contribution in [0.15, 0.2) is 23.8 Å². The Hall–Kier alpha value is -1.33. The molecule has 4 nitrogen and oxygen atoms in total. The maximum atomic E-state index is 13.2. The highest BCUT2D eigenvalue weighted by molar-refractivity contribution is 6.01. The van der Waals surface area contributed by atoms with Crippen molar-refractivity contribution in [2.24, 2.45) is 34.5 Å². The van der Waals surface area contributed by atoms with Crippen LogP contribution in [0, 0.1) is 34.5 Å². The van der Waals surface area contributed by atoms with Crippen molar-refractivity contribution in [3.05, 3.63) is 23.8 Å². The molecule has 0 bridgehead atoms. The zero-order valence-corrected chi connectivity index (χ0v) is 16.2. The number of allylic oxidation sites excluding steroid dienone is 4. The number of hydrogen-bond acceptors (Lipinski definition) is 4. The van der Waals surface area contributed by atoms with Crippen molar-refractivity contribution in [1.82, 2.24) is 0 Å². The van der Waals surface area contributed by atoms with Crippen LogP contribution in [0.25, 0.3) is 0 Å². The van der Waals surface area contributed by atoms with E-state index in [1.807, 2.05) is 13.0 Å². The van der Waals surface area contributed by atoms with E-state index in [4.69, 9.17) is 0 Å². The van der Waals surface area contributed by atoms with Gasteiger partial charge in [0.1, 0.15) is 5.60 Å². The SMILES string of the molecule is C[C@@H]1C[C@@H]2[C@H]([C@@H](O)C[C@@]3(C)[C@H]2CC[C@@]3(O)C(=O)CF)[C@@]2(C)C=CC(=O)C=C12. The van der Waals surface area contributed by atoms with Crippen molar-refractivity contribution in [3.63, 3.8) is 0 Å². The highest BCUT2D eigenvalue weighted by Gasteiger charge is 2.68. The number of aliphatic hydroxyl groups excluding tert-OH is 1. The summed E-state index contributed by atoms with van der Waals surface area (Å²) in [5, 5.41) is 22.3. The lowest BCUT2D eigenvalue weighted by Crippen LogP contribution is -2.62. The molecule has 148 valence electrons. The van der Waals surface area contributed by atoms with Gasteiger partial charge in [0.05, 0.1) is 6.10 Å². The van der Waals surface area contributed by atoms with E-state index in [1.54, 1.807) is 12.2 Å². The Morgan fingerprint density at radius 1 is 1.37 bits per heavy atom. The van der Waals surface area contributed by atoms with E-state index in [0.29, 0.717) is 6.42 Å². The van der Waals surface area contributed by atoms with Gasteiger partial charge in [0.2, 0.25) is 0 Å². The number of aliphatic hydroxyl groups is 2. The third kappa shape index (κ3) is 2.27. The lowest BCUT2D eigenvalue weighted by molar-refractivity contribution is -0.179. The van der Waals surface area contributed by atoms with Gasteiger partial charge in [-0.1, -0.05) is 32.4 Å². The molecule has 4 aliphatic rings. The lowest BCUT2D eigenvalue weighted by atomic mass is 9.45. The van der Waals surface area contributed by atoms with Crippen LogP contribution in [0.5, 0.6) is 0 Å². The molecule has 0 radical (unpaired) electrons. The minimum atomic E-state index is -1.70. The van der Waals surface area contributed by atoms with E-state index >= 15 is 0 Å². The maximum Gasteiger partial charge on any atom is 0.195 e. The predicted molar refractivity (Wildman–Crippen MR) is 98.5 cm³/mol. The zero-order chi connectivity index (χ0) is 19.8. The molecule has 0 spiro atoms. The molecule has 4 aliphatic carbocycles. The molecule has 0 unspecified atom stereocenters. The molecule has 0 aromatic rings. The smallest absolute Gasteiger partial charge is 0.195 e. The molecule has 0 aromatic carbocycles. The number of rotatable bonds is 2. The molecule has 5 heteroatoms. The first kappa shape index (κ1) is 19.0. The third-order valence-corrected chi connectivity index (χ3v) is 8.55. The van der Waals surface area contributed by atoms with Crippen LogP contribution in [-0.2, 0) is 9.59 Å². The number of halogens is 1. The number of Topliss-reactive ketones (excluding diaryl/α,β-unsaturated/α-hetero) is 1. The van der Waals surface area contributed by atoms with E-state index in [1.165, 1.54) is 0 Å². The second-order valence-corrected chi connectivity index (χ2v) is 9.70. The Balaban J connectivity index is 1.78. The van der Waals surface area contributed by atoms with Gasteiger partial charge >= 0.3 is 0 Å². The maximum absolute atomic E-state index is 13.2. The summed E-state index contributed by atoms with van der Waals surface area (Å²) in [5.41, 5.74) is -1.84. The van der Waals surface area contributed by atoms with Gasteiger partial charge in [-0.25, -0.2) is 4.39 Å². The Morgan fingerprint density at radius 3 is 2.74 bits per heavy atom. The molecule has 8 atom stereocenters. The quantitative estimate of drug-likeness (QED) is 0.777. The van der Waals surface area contributed by atoms with Gasteiger partial charge < -0.3 is 10.2 Å². The normalized spacial score (nSPS) is 51.3. The molecular weight excluding hydrogens is 347 g/mol. The summed E-state index contributed by atoms with van der Waals surface area (Å²) < 4.78 is 13.2. The summed E-state index contributed by atoms with van der Waals surface area (Å²) in [6.07, 6.45) is 6.55. The van der Waals surface area contributed by atoms with Gasteiger partial charge in [-0.2, -0.15) is 0 Å². The lowest BCUT2D eigenvalue weighted by Gasteiger charge is -2.60. The second kappa shape index (κ2) is 5.84. The average molecular weight is 376 g/mol. The molecule has 0 aliphatic heterocycles. The molecule has 2 N–H and O–H groups in total. The molecule has 3 fully saturated rings. The fraction of sp³-hybridized carbons (Fsp3) is 0.727. The van der Waals surface area contributed by atoms with Crippen molar-refractivity contribution < 1.29 is 24.2 Å². The average Bonchev–Trinajstić information content (AvgIpc) is 2.87. The van der Waals surface area contributed by atoms with Crippen molar-refractivity contribution in [2.75, 3.05) is 6.67 Å². The minimum Gasteiger partial charge on any atom is -0.393 e. The summed E-state index contributed by atoms with van der Waals surface area (Å²) in [4.78, 5) is 24.2. The van der Waals surface area contributed by atoms with Gasteiger partial charge in [0.15, 0.2) is 18.2 Å². The first-order chi connectivity index (χ1) is 12.6. The first-order valence-electron chi connectivity index (χ1n) is 10.0. The van der Waals surface area contributed by atoms with Crippen LogP contribution in [0.1, 0.15) is 46.5 Å². The Bertz CT molecular complexity index is 757. The number of carbonyl (C=O) groups is 2. The van der Waals surface area contributed by atoms with Gasteiger partial charge in [0.25, 0.3) is 0 Å². The van der Waals surface area contributed by atoms with Crippen molar-refractivity contribution in [2.45, 2.75) is 58.2 Å². The first-order valence-corrected chi connectivity index (χ1v) is 10.0. The standard InChI is InChI=1S/C22H29FO4/c1-12-8-14-15-5-7-22(27,18(26)11-23)21(15,3)10-17(25)19(14)20(2)6-4-13(24)9-16(12)20/h4,6,9,12,14-15,17,19,25,27H,5,7-8,10-11H2,1-3H3/t12-,14+,15+,17+,19-,20+,21+,22-/m1/s1. The van der Waals surface area contributed by atoms with E-state index in [0.717, 1.165) is 12.0 Å². The summed E-state index contributed by atoms with van der Waals surface area (Å²) >= 11 is 0. The zero-order valence-electron chi connectivity index (χ0n) is 16.2. The third-order valence-electron chi connectivity index (χ3n) is 8.55. The largest absolute Gasteiger partial charge is 0.393 e. The highest BCUT2D eigenvalue weighted by atomic mass is 19.1. The molecule has 0 aromatic heterocycles. The van der Waals surface area contributed by atoms with Crippen LogP contribution >= 0.6 is 0 Å². The number of carbonyl (C=O) groups excluding carboxylic acids is 2. The molecule has 3 saturated carbocycles. The van der Waals surface area contributed by atoms with Crippen LogP contribution in [-0.4, -0.2) is 40.2 Å². The van der Waals surface area contributed by atoms with Gasteiger partial charge in [-0.15, -0.1) is 0 Å². The van der Waals surface area contributed by atoms with Crippen molar-refractivity contribution in [3.8, 4) is 0 Å². The van der Waals surface area contributed by atoms with E-state index < -0.39 is 35.0 Å². The van der Waals surface area contributed by atoms with Gasteiger partial charge in [-0.05, 0) is 55.6 Å². The summed E-state index contributed by atoms with van der Waals surface area (Å²) in [6.45, 7) is 4.89. The predicted octanol–water partition coefficient (Wildman–Crippen LogP) is 2.78. The van der Waals surface area contributed by atoms with Gasteiger partial charge in [0, 0.05) is 16.7 Å². The van der Waals surface area contributed by atoms with E-state index in [9.17, 15) is 24.2 Å². The minimum absolute atomic E-state index is 0.00769. The van der Waals surface area contributed by atoms with Gasteiger partial charge in [-0.3, -0.25) is 9.59 Å². The van der Waals surface area contributed by atoms with Crippen LogP contribution < -0.4 is 0 Å². The highest BCUT2D eigenvalue weighted by Crippen LogP contribution is 2.67. The Kier molecular flexibility index (Phi) is 4.11. The Morgan fingerprint density at radius 2 is 2.07 bits per heavy atom. The van der Waals surface area contributed by atoms with Crippen LogP contribution in [0.4, 0.5) is 4.39 Å². The molecule has 4 rings (SSSR count).